The summed E-state index contributed by atoms with van der Waals surface area (Å²) in [7, 11) is 0. The van der Waals surface area contributed by atoms with Gasteiger partial charge in [-0.15, -0.1) is 0 Å². The third kappa shape index (κ3) is 4.29. The van der Waals surface area contributed by atoms with Gasteiger partial charge in [0.2, 0.25) is 0 Å². The molecular weight excluding hydrogens is 357 g/mol. The summed E-state index contributed by atoms with van der Waals surface area (Å²) in [5.41, 5.74) is 0.954. The van der Waals surface area contributed by atoms with E-state index in [9.17, 15) is 0 Å². The van der Waals surface area contributed by atoms with Crippen molar-refractivity contribution in [3.63, 3.8) is 0 Å². The van der Waals surface area contributed by atoms with Crippen LogP contribution in [0.2, 0.25) is 10.0 Å². The highest BCUT2D eigenvalue weighted by Gasteiger charge is 2.23. The number of rotatable bonds is 4. The standard InChI is InChI=1S/C16H22BrCl2N/c1-10(2)8-11-4-3-5-12(9-11)20-14-7-6-13(17)15(18)16(14)19/h6-7,10-12,20H,3-5,8-9H2,1-2H3. The third-order valence-corrected chi connectivity index (χ3v) is 5.75. The van der Waals surface area contributed by atoms with Crippen LogP contribution >= 0.6 is 39.1 Å². The Kier molecular flexibility index (Phi) is 6.07. The quantitative estimate of drug-likeness (QED) is 0.569. The van der Waals surface area contributed by atoms with Crippen molar-refractivity contribution in [1.29, 1.82) is 0 Å². The predicted molar refractivity (Wildman–Crippen MR) is 93.0 cm³/mol. The van der Waals surface area contributed by atoms with E-state index in [4.69, 9.17) is 23.2 Å². The van der Waals surface area contributed by atoms with E-state index in [1.54, 1.807) is 0 Å². The summed E-state index contributed by atoms with van der Waals surface area (Å²) in [5, 5.41) is 4.79. The zero-order chi connectivity index (χ0) is 14.7. The van der Waals surface area contributed by atoms with Gasteiger partial charge in [0, 0.05) is 10.5 Å². The van der Waals surface area contributed by atoms with Crippen LogP contribution in [-0.2, 0) is 0 Å². The van der Waals surface area contributed by atoms with Gasteiger partial charge in [-0.3, -0.25) is 0 Å². The molecule has 0 aromatic heterocycles. The van der Waals surface area contributed by atoms with Crippen molar-refractivity contribution in [1.82, 2.24) is 0 Å². The lowest BCUT2D eigenvalue weighted by molar-refractivity contribution is 0.289. The first kappa shape index (κ1) is 16.5. The Labute approximate surface area is 140 Å². The van der Waals surface area contributed by atoms with Crippen molar-refractivity contribution < 1.29 is 0 Å². The number of halogens is 3. The van der Waals surface area contributed by atoms with E-state index in [0.717, 1.165) is 22.0 Å². The molecule has 0 spiro atoms. The molecule has 0 heterocycles. The Hall–Kier alpha value is 0.0800. The van der Waals surface area contributed by atoms with E-state index >= 15 is 0 Å². The molecule has 1 aromatic rings. The summed E-state index contributed by atoms with van der Waals surface area (Å²) in [6.07, 6.45) is 6.45. The second kappa shape index (κ2) is 7.38. The molecule has 1 fully saturated rings. The number of hydrogen-bond donors (Lipinski definition) is 1. The maximum atomic E-state index is 6.31. The molecule has 20 heavy (non-hydrogen) atoms. The highest BCUT2D eigenvalue weighted by molar-refractivity contribution is 9.10. The van der Waals surface area contributed by atoms with Crippen LogP contribution in [-0.4, -0.2) is 6.04 Å². The van der Waals surface area contributed by atoms with Crippen molar-refractivity contribution in [2.75, 3.05) is 5.32 Å². The minimum absolute atomic E-state index is 0.516. The zero-order valence-corrected chi connectivity index (χ0v) is 15.2. The molecule has 1 saturated carbocycles. The van der Waals surface area contributed by atoms with Crippen LogP contribution in [0, 0.1) is 11.8 Å². The van der Waals surface area contributed by atoms with Gasteiger partial charge in [0.25, 0.3) is 0 Å². The molecule has 1 aliphatic rings. The minimum atomic E-state index is 0.516. The van der Waals surface area contributed by atoms with Gasteiger partial charge in [-0.05, 0) is 59.2 Å². The molecule has 1 nitrogen and oxygen atoms in total. The molecule has 1 aliphatic carbocycles. The Balaban J connectivity index is 2.01. The number of nitrogens with one attached hydrogen (secondary N) is 1. The summed E-state index contributed by atoms with van der Waals surface area (Å²) in [6, 6.07) is 4.47. The highest BCUT2D eigenvalue weighted by atomic mass is 79.9. The van der Waals surface area contributed by atoms with Gasteiger partial charge in [0.1, 0.15) is 0 Å². The maximum Gasteiger partial charge on any atom is 0.0835 e. The normalized spacial score (nSPS) is 23.1. The molecule has 0 amide bonds. The maximum absolute atomic E-state index is 6.31. The van der Waals surface area contributed by atoms with Gasteiger partial charge < -0.3 is 5.32 Å². The fourth-order valence-electron chi connectivity index (χ4n) is 3.16. The topological polar surface area (TPSA) is 12.0 Å². The molecule has 1 aromatic carbocycles. The lowest BCUT2D eigenvalue weighted by Gasteiger charge is -2.31. The number of anilines is 1. The molecule has 2 rings (SSSR count). The van der Waals surface area contributed by atoms with Gasteiger partial charge in [-0.25, -0.2) is 0 Å². The second-order valence-electron chi connectivity index (χ2n) is 6.23. The van der Waals surface area contributed by atoms with Crippen LogP contribution < -0.4 is 5.32 Å². The van der Waals surface area contributed by atoms with Gasteiger partial charge in [0.05, 0.1) is 15.7 Å². The van der Waals surface area contributed by atoms with E-state index in [-0.39, 0.29) is 0 Å². The Morgan fingerprint density at radius 3 is 2.70 bits per heavy atom. The van der Waals surface area contributed by atoms with Crippen LogP contribution in [0.4, 0.5) is 5.69 Å². The summed E-state index contributed by atoms with van der Waals surface area (Å²) < 4.78 is 0.844. The average Bonchev–Trinajstić information content (AvgIpc) is 2.39. The highest BCUT2D eigenvalue weighted by Crippen LogP contribution is 2.38. The smallest absolute Gasteiger partial charge is 0.0835 e. The fraction of sp³-hybridized carbons (Fsp3) is 0.625. The molecule has 1 N–H and O–H groups in total. The van der Waals surface area contributed by atoms with Gasteiger partial charge in [0.15, 0.2) is 0 Å². The number of benzene rings is 1. The zero-order valence-electron chi connectivity index (χ0n) is 12.1. The molecule has 2 atom stereocenters. The van der Waals surface area contributed by atoms with Crippen LogP contribution in [0.25, 0.3) is 0 Å². The van der Waals surface area contributed by atoms with Crippen LogP contribution in [0.1, 0.15) is 46.0 Å². The van der Waals surface area contributed by atoms with E-state index in [1.165, 1.54) is 32.1 Å². The van der Waals surface area contributed by atoms with Crippen LogP contribution in [0.5, 0.6) is 0 Å². The van der Waals surface area contributed by atoms with Crippen molar-refractivity contribution in [2.24, 2.45) is 11.8 Å². The van der Waals surface area contributed by atoms with Gasteiger partial charge >= 0.3 is 0 Å². The lowest BCUT2D eigenvalue weighted by atomic mass is 9.81. The monoisotopic (exact) mass is 377 g/mol. The molecule has 0 radical (unpaired) electrons. The van der Waals surface area contributed by atoms with Crippen LogP contribution in [0.15, 0.2) is 16.6 Å². The summed E-state index contributed by atoms with van der Waals surface area (Å²) in [6.45, 7) is 4.62. The Morgan fingerprint density at radius 1 is 1.25 bits per heavy atom. The molecule has 0 bridgehead atoms. The first-order valence-corrected chi connectivity index (χ1v) is 8.92. The van der Waals surface area contributed by atoms with Crippen LogP contribution in [0.3, 0.4) is 0 Å². The van der Waals surface area contributed by atoms with Crippen molar-refractivity contribution in [3.8, 4) is 0 Å². The van der Waals surface area contributed by atoms with E-state index in [0.29, 0.717) is 16.1 Å². The fourth-order valence-corrected chi connectivity index (χ4v) is 3.99. The molecule has 0 aliphatic heterocycles. The van der Waals surface area contributed by atoms with E-state index in [2.05, 4.69) is 35.1 Å². The summed E-state index contributed by atoms with van der Waals surface area (Å²) >= 11 is 15.9. The third-order valence-electron chi connectivity index (χ3n) is 3.98. The SMILES string of the molecule is CC(C)CC1CCCC(Nc2ccc(Br)c(Cl)c2Cl)C1. The molecular formula is C16H22BrCl2N. The largest absolute Gasteiger partial charge is 0.381 e. The lowest BCUT2D eigenvalue weighted by Crippen LogP contribution is -2.28. The first-order valence-electron chi connectivity index (χ1n) is 7.37. The van der Waals surface area contributed by atoms with Gasteiger partial charge in [-0.2, -0.15) is 0 Å². The van der Waals surface area contributed by atoms with Crippen molar-refractivity contribution >= 4 is 44.8 Å². The number of hydrogen-bond acceptors (Lipinski definition) is 1. The minimum Gasteiger partial charge on any atom is -0.381 e. The second-order valence-corrected chi connectivity index (χ2v) is 7.84. The molecule has 112 valence electrons. The molecule has 4 heteroatoms. The van der Waals surface area contributed by atoms with E-state index < -0.39 is 0 Å². The predicted octanol–water partition coefficient (Wildman–Crippen LogP) is 6.77. The van der Waals surface area contributed by atoms with Gasteiger partial charge in [-0.1, -0.05) is 49.9 Å². The van der Waals surface area contributed by atoms with Crippen molar-refractivity contribution in [3.05, 3.63) is 26.7 Å². The molecule has 0 saturated heterocycles. The summed E-state index contributed by atoms with van der Waals surface area (Å²) in [4.78, 5) is 0. The summed E-state index contributed by atoms with van der Waals surface area (Å²) in [5.74, 6) is 1.62. The Bertz CT molecular complexity index is 462. The van der Waals surface area contributed by atoms with E-state index in [1.807, 2.05) is 12.1 Å². The Morgan fingerprint density at radius 2 is 2.00 bits per heavy atom. The van der Waals surface area contributed by atoms with Crippen molar-refractivity contribution in [2.45, 2.75) is 52.0 Å². The average molecular weight is 379 g/mol. The molecule has 2 unspecified atom stereocenters. The first-order chi connectivity index (χ1) is 9.47.